The van der Waals surface area contributed by atoms with Gasteiger partial charge in [-0.3, -0.25) is 14.6 Å². The third-order valence-electron chi connectivity index (χ3n) is 6.42. The fourth-order valence-corrected chi connectivity index (χ4v) is 4.59. The summed E-state index contributed by atoms with van der Waals surface area (Å²) >= 11 is 0. The molecule has 3 heterocycles. The molecule has 1 amide bonds. The first-order chi connectivity index (χ1) is 14.9. The number of amides is 1. The summed E-state index contributed by atoms with van der Waals surface area (Å²) in [5, 5.41) is 1.01. The van der Waals surface area contributed by atoms with Gasteiger partial charge in [-0.2, -0.15) is 0 Å². The van der Waals surface area contributed by atoms with Crippen LogP contribution in [0.2, 0.25) is 0 Å². The van der Waals surface area contributed by atoms with Crippen LogP contribution < -0.4 is 5.63 Å². The first-order valence-electron chi connectivity index (χ1n) is 11.3. The number of rotatable bonds is 5. The third-order valence-corrected chi connectivity index (χ3v) is 6.42. The van der Waals surface area contributed by atoms with Gasteiger partial charge in [-0.25, -0.2) is 4.79 Å². The van der Waals surface area contributed by atoms with Gasteiger partial charge in [-0.05, 0) is 41.7 Å². The molecule has 168 valence electrons. The van der Waals surface area contributed by atoms with Crippen molar-refractivity contribution in [1.29, 1.82) is 0 Å². The van der Waals surface area contributed by atoms with E-state index in [1.165, 1.54) is 5.56 Å². The lowest BCUT2D eigenvalue weighted by Crippen LogP contribution is -2.52. The lowest BCUT2D eigenvalue weighted by atomic mass is 9.95. The maximum absolute atomic E-state index is 12.7. The van der Waals surface area contributed by atoms with Crippen LogP contribution in [0.5, 0.6) is 0 Å². The number of ether oxygens (including phenoxy) is 1. The van der Waals surface area contributed by atoms with Crippen molar-refractivity contribution in [2.75, 3.05) is 59.0 Å². The molecule has 0 radical (unpaired) electrons. The van der Waals surface area contributed by atoms with E-state index in [4.69, 9.17) is 9.15 Å². The van der Waals surface area contributed by atoms with Crippen molar-refractivity contribution in [1.82, 2.24) is 14.7 Å². The lowest BCUT2D eigenvalue weighted by Gasteiger charge is -2.36. The molecular formula is C24H33N3O4. The Bertz CT molecular complexity index is 986. The molecule has 2 aliphatic rings. The summed E-state index contributed by atoms with van der Waals surface area (Å²) in [6, 6.07) is 5.78. The second-order valence-electron chi connectivity index (χ2n) is 9.00. The second-order valence-corrected chi connectivity index (χ2v) is 9.00. The molecular weight excluding hydrogens is 394 g/mol. The minimum absolute atomic E-state index is 0.199. The number of hydrogen-bond donors (Lipinski definition) is 0. The SMILES string of the molecule is Cc1cc2oc(=O)cc(CN3CCN(C(=O)CN4CCOCC4)CC3)c2cc1C(C)C. The van der Waals surface area contributed by atoms with Crippen LogP contribution in [0.1, 0.15) is 36.5 Å². The zero-order valence-corrected chi connectivity index (χ0v) is 18.9. The van der Waals surface area contributed by atoms with Crippen LogP contribution in [0.15, 0.2) is 27.4 Å². The molecule has 0 spiro atoms. The van der Waals surface area contributed by atoms with E-state index in [-0.39, 0.29) is 11.5 Å². The summed E-state index contributed by atoms with van der Waals surface area (Å²) in [6.45, 7) is 13.7. The fourth-order valence-electron chi connectivity index (χ4n) is 4.59. The number of fused-ring (bicyclic) bond motifs is 1. The van der Waals surface area contributed by atoms with E-state index in [1.54, 1.807) is 6.07 Å². The summed E-state index contributed by atoms with van der Waals surface area (Å²) in [5.74, 6) is 0.606. The summed E-state index contributed by atoms with van der Waals surface area (Å²) < 4.78 is 10.8. The molecule has 4 rings (SSSR count). The Kier molecular flexibility index (Phi) is 6.74. The molecule has 2 fully saturated rings. The second kappa shape index (κ2) is 9.51. The van der Waals surface area contributed by atoms with Crippen LogP contribution in [-0.2, 0) is 16.1 Å². The van der Waals surface area contributed by atoms with Crippen molar-refractivity contribution in [3.63, 3.8) is 0 Å². The number of morpholine rings is 1. The Morgan fingerprint density at radius 2 is 1.71 bits per heavy atom. The first-order valence-corrected chi connectivity index (χ1v) is 11.3. The molecule has 2 aromatic rings. The standard InChI is InChI=1S/C24H33N3O4/c1-17(2)20-14-21-19(13-24(29)31-22(21)12-18(20)3)15-25-4-6-27(7-5-25)23(28)16-26-8-10-30-11-9-26/h12-14,17H,4-11,15-16H2,1-3H3. The van der Waals surface area contributed by atoms with E-state index in [0.29, 0.717) is 37.8 Å². The number of aryl methyl sites for hydroxylation is 1. The molecule has 0 saturated carbocycles. The third kappa shape index (κ3) is 5.17. The van der Waals surface area contributed by atoms with Crippen molar-refractivity contribution < 1.29 is 13.9 Å². The van der Waals surface area contributed by atoms with Gasteiger partial charge in [-0.15, -0.1) is 0 Å². The molecule has 7 heteroatoms. The molecule has 1 aromatic heterocycles. The zero-order chi connectivity index (χ0) is 22.0. The van der Waals surface area contributed by atoms with Gasteiger partial charge in [0.25, 0.3) is 0 Å². The smallest absolute Gasteiger partial charge is 0.336 e. The Morgan fingerprint density at radius 3 is 2.39 bits per heavy atom. The van der Waals surface area contributed by atoms with Gasteiger partial charge >= 0.3 is 5.63 Å². The number of nitrogens with zero attached hydrogens (tertiary/aromatic N) is 3. The quantitative estimate of drug-likeness (QED) is 0.682. The van der Waals surface area contributed by atoms with E-state index < -0.39 is 0 Å². The largest absolute Gasteiger partial charge is 0.423 e. The monoisotopic (exact) mass is 427 g/mol. The van der Waals surface area contributed by atoms with E-state index in [1.807, 2.05) is 11.0 Å². The normalized spacial score (nSPS) is 18.8. The predicted octanol–water partition coefficient (Wildman–Crippen LogP) is 2.20. The van der Waals surface area contributed by atoms with E-state index in [2.05, 4.69) is 36.6 Å². The lowest BCUT2D eigenvalue weighted by molar-refractivity contribution is -0.135. The van der Waals surface area contributed by atoms with Gasteiger partial charge in [0.1, 0.15) is 5.58 Å². The number of piperazine rings is 1. The van der Waals surface area contributed by atoms with E-state index >= 15 is 0 Å². The molecule has 0 atom stereocenters. The molecule has 2 saturated heterocycles. The first kappa shape index (κ1) is 22.0. The molecule has 0 N–H and O–H groups in total. The van der Waals surface area contributed by atoms with Crippen LogP contribution in [-0.4, -0.2) is 79.6 Å². The Labute approximate surface area is 183 Å². The number of carbonyl (C=O) groups is 1. The van der Waals surface area contributed by atoms with Crippen LogP contribution in [0.4, 0.5) is 0 Å². The zero-order valence-electron chi connectivity index (χ0n) is 18.9. The maximum Gasteiger partial charge on any atom is 0.336 e. The van der Waals surface area contributed by atoms with Crippen molar-refractivity contribution in [3.8, 4) is 0 Å². The van der Waals surface area contributed by atoms with E-state index in [9.17, 15) is 9.59 Å². The highest BCUT2D eigenvalue weighted by atomic mass is 16.5. The molecule has 31 heavy (non-hydrogen) atoms. The number of hydrogen-bond acceptors (Lipinski definition) is 6. The molecule has 0 aliphatic carbocycles. The van der Waals surface area contributed by atoms with Crippen molar-refractivity contribution >= 4 is 16.9 Å². The maximum atomic E-state index is 12.7. The van der Waals surface area contributed by atoms with Gasteiger partial charge in [-0.1, -0.05) is 13.8 Å². The van der Waals surface area contributed by atoms with Crippen LogP contribution in [0.25, 0.3) is 11.0 Å². The van der Waals surface area contributed by atoms with Crippen molar-refractivity contribution in [2.45, 2.75) is 33.2 Å². The highest BCUT2D eigenvalue weighted by Crippen LogP contribution is 2.27. The van der Waals surface area contributed by atoms with Gasteiger partial charge in [0.2, 0.25) is 5.91 Å². The van der Waals surface area contributed by atoms with E-state index in [0.717, 1.165) is 55.8 Å². The molecule has 0 bridgehead atoms. The summed E-state index contributed by atoms with van der Waals surface area (Å²) in [4.78, 5) is 31.3. The summed E-state index contributed by atoms with van der Waals surface area (Å²) in [7, 11) is 0. The highest BCUT2D eigenvalue weighted by molar-refractivity contribution is 5.82. The van der Waals surface area contributed by atoms with Gasteiger partial charge in [0.15, 0.2) is 0 Å². The van der Waals surface area contributed by atoms with Crippen LogP contribution in [0, 0.1) is 6.92 Å². The van der Waals surface area contributed by atoms with Crippen molar-refractivity contribution in [2.24, 2.45) is 0 Å². The van der Waals surface area contributed by atoms with Gasteiger partial charge in [0.05, 0.1) is 19.8 Å². The van der Waals surface area contributed by atoms with Gasteiger partial charge in [0, 0.05) is 57.3 Å². The summed E-state index contributed by atoms with van der Waals surface area (Å²) in [6.07, 6.45) is 0. The average Bonchev–Trinajstić information content (AvgIpc) is 2.74. The van der Waals surface area contributed by atoms with Crippen LogP contribution in [0.3, 0.4) is 0 Å². The Morgan fingerprint density at radius 1 is 1.00 bits per heavy atom. The van der Waals surface area contributed by atoms with Gasteiger partial charge < -0.3 is 14.1 Å². The molecule has 2 aliphatic heterocycles. The average molecular weight is 428 g/mol. The number of carbonyl (C=O) groups excluding carboxylic acids is 1. The predicted molar refractivity (Wildman–Crippen MR) is 120 cm³/mol. The number of benzene rings is 1. The molecule has 0 unspecified atom stereocenters. The topological polar surface area (TPSA) is 66.2 Å². The highest BCUT2D eigenvalue weighted by Gasteiger charge is 2.24. The van der Waals surface area contributed by atoms with Crippen molar-refractivity contribution in [3.05, 3.63) is 45.3 Å². The Balaban J connectivity index is 1.42. The minimum Gasteiger partial charge on any atom is -0.423 e. The Hall–Kier alpha value is -2.22. The van der Waals surface area contributed by atoms with Crippen LogP contribution >= 0.6 is 0 Å². The fraction of sp³-hybridized carbons (Fsp3) is 0.583. The molecule has 1 aromatic carbocycles. The summed E-state index contributed by atoms with van der Waals surface area (Å²) in [5.41, 5.74) is 3.78. The minimum atomic E-state index is -0.307. The molecule has 7 nitrogen and oxygen atoms in total.